The summed E-state index contributed by atoms with van der Waals surface area (Å²) in [4.78, 5) is 16.3. The van der Waals surface area contributed by atoms with E-state index in [0.29, 0.717) is 0 Å². The van der Waals surface area contributed by atoms with Crippen LogP contribution in [-0.2, 0) is 12.6 Å². The summed E-state index contributed by atoms with van der Waals surface area (Å²) in [7, 11) is 0. The minimum Gasteiger partial charge on any atom is -0.369 e. The van der Waals surface area contributed by atoms with Crippen LogP contribution in [0.15, 0.2) is 4.79 Å². The van der Waals surface area contributed by atoms with Crippen molar-refractivity contribution in [2.24, 2.45) is 5.73 Å². The first-order chi connectivity index (χ1) is 6.86. The molecule has 0 atom stereocenters. The van der Waals surface area contributed by atoms with Gasteiger partial charge in [-0.15, -0.1) is 0 Å². The van der Waals surface area contributed by atoms with E-state index >= 15 is 0 Å². The third kappa shape index (κ3) is 2.46. The normalized spacial score (nSPS) is 11.7. The van der Waals surface area contributed by atoms with E-state index in [-0.39, 0.29) is 18.9 Å². The molecule has 0 spiro atoms. The van der Waals surface area contributed by atoms with Gasteiger partial charge in [-0.1, -0.05) is 0 Å². The number of aromatic nitrogens is 2. The van der Waals surface area contributed by atoms with Crippen molar-refractivity contribution in [1.82, 2.24) is 9.97 Å². The first kappa shape index (κ1) is 11.5. The monoisotopic (exact) mass is 222 g/mol. The highest BCUT2D eigenvalue weighted by molar-refractivity contribution is 5.27. The summed E-state index contributed by atoms with van der Waals surface area (Å²) in [6.45, 7) is -0.0427. The molecule has 5 N–H and O–H groups in total. The smallest absolute Gasteiger partial charge is 0.369 e. The van der Waals surface area contributed by atoms with Gasteiger partial charge in [0.15, 0.2) is 0 Å². The number of hydrogen-bond donors (Lipinski definition) is 3. The van der Waals surface area contributed by atoms with E-state index in [9.17, 15) is 18.0 Å². The zero-order chi connectivity index (χ0) is 11.6. The number of aromatic amines is 1. The fourth-order valence-electron chi connectivity index (χ4n) is 1.15. The van der Waals surface area contributed by atoms with Gasteiger partial charge < -0.3 is 11.5 Å². The third-order valence-electron chi connectivity index (χ3n) is 1.68. The van der Waals surface area contributed by atoms with E-state index in [1.807, 2.05) is 0 Å². The molecule has 1 aromatic heterocycles. The Morgan fingerprint density at radius 1 is 1.40 bits per heavy atom. The lowest BCUT2D eigenvalue weighted by Gasteiger charge is -2.10. The second-order valence-electron chi connectivity index (χ2n) is 2.81. The number of H-pyrrole nitrogens is 1. The molecule has 0 saturated heterocycles. The maximum Gasteiger partial charge on any atom is 0.423 e. The van der Waals surface area contributed by atoms with Gasteiger partial charge in [-0.2, -0.15) is 13.2 Å². The summed E-state index contributed by atoms with van der Waals surface area (Å²) in [5.74, 6) is -0.351. The number of nitrogens with two attached hydrogens (primary N) is 2. The van der Waals surface area contributed by atoms with Gasteiger partial charge in [-0.3, -0.25) is 9.78 Å². The molecule has 0 aliphatic carbocycles. The zero-order valence-electron chi connectivity index (χ0n) is 7.56. The quantitative estimate of drug-likeness (QED) is 0.649. The highest BCUT2D eigenvalue weighted by Crippen LogP contribution is 2.28. The van der Waals surface area contributed by atoms with Crippen molar-refractivity contribution in [2.45, 2.75) is 12.6 Å². The highest BCUT2D eigenvalue weighted by Gasteiger charge is 2.37. The molecular weight excluding hydrogens is 213 g/mol. The number of nitrogens with one attached hydrogen (secondary N) is 1. The van der Waals surface area contributed by atoms with Crippen molar-refractivity contribution in [3.8, 4) is 0 Å². The van der Waals surface area contributed by atoms with Crippen molar-refractivity contribution in [1.29, 1.82) is 0 Å². The Balaban J connectivity index is 3.40. The Morgan fingerprint density at radius 3 is 2.47 bits per heavy atom. The van der Waals surface area contributed by atoms with Gasteiger partial charge in [-0.05, 0) is 6.54 Å². The molecule has 0 unspecified atom stereocenters. The molecule has 1 aromatic rings. The fourth-order valence-corrected chi connectivity index (χ4v) is 1.15. The molecule has 8 heteroatoms. The van der Waals surface area contributed by atoms with Crippen LogP contribution >= 0.6 is 0 Å². The van der Waals surface area contributed by atoms with E-state index in [4.69, 9.17) is 11.5 Å². The van der Waals surface area contributed by atoms with Crippen molar-refractivity contribution in [2.75, 3.05) is 12.3 Å². The Kier molecular flexibility index (Phi) is 2.98. The lowest BCUT2D eigenvalue weighted by molar-refractivity contribution is -0.139. The summed E-state index contributed by atoms with van der Waals surface area (Å²) < 4.78 is 37.3. The molecule has 0 aromatic carbocycles. The van der Waals surface area contributed by atoms with Gasteiger partial charge in [0.25, 0.3) is 5.56 Å². The number of hydrogen-bond acceptors (Lipinski definition) is 4. The Hall–Kier alpha value is -1.57. The Labute approximate surface area is 82.3 Å². The van der Waals surface area contributed by atoms with Crippen LogP contribution in [0.2, 0.25) is 0 Å². The van der Waals surface area contributed by atoms with Crippen LogP contribution in [0.3, 0.4) is 0 Å². The predicted molar refractivity (Wildman–Crippen MR) is 47.0 cm³/mol. The highest BCUT2D eigenvalue weighted by atomic mass is 19.4. The molecule has 1 rings (SSSR count). The molecule has 0 saturated carbocycles. The van der Waals surface area contributed by atoms with Crippen molar-refractivity contribution >= 4 is 5.95 Å². The molecule has 15 heavy (non-hydrogen) atoms. The van der Waals surface area contributed by atoms with E-state index in [1.165, 1.54) is 0 Å². The van der Waals surface area contributed by atoms with Gasteiger partial charge in [-0.25, -0.2) is 4.98 Å². The minimum absolute atomic E-state index is 0.0427. The van der Waals surface area contributed by atoms with Crippen LogP contribution in [-0.4, -0.2) is 16.5 Å². The molecule has 5 nitrogen and oxygen atoms in total. The summed E-state index contributed by atoms with van der Waals surface area (Å²) >= 11 is 0. The SMILES string of the molecule is NCCc1nc(N)[nH]c(=O)c1C(F)(F)F. The maximum atomic E-state index is 12.4. The average molecular weight is 222 g/mol. The van der Waals surface area contributed by atoms with Crippen LogP contribution in [0.5, 0.6) is 0 Å². The first-order valence-corrected chi connectivity index (χ1v) is 4.02. The molecule has 84 valence electrons. The molecular formula is C7H9F3N4O. The molecule has 0 bridgehead atoms. The third-order valence-corrected chi connectivity index (χ3v) is 1.68. The molecule has 0 radical (unpaired) electrons. The van der Waals surface area contributed by atoms with Gasteiger partial charge in [0.1, 0.15) is 5.56 Å². The number of alkyl halides is 3. The lowest BCUT2D eigenvalue weighted by atomic mass is 10.1. The molecule has 0 aliphatic rings. The van der Waals surface area contributed by atoms with Gasteiger partial charge in [0.2, 0.25) is 5.95 Å². The number of nitrogen functional groups attached to an aromatic ring is 1. The van der Waals surface area contributed by atoms with Gasteiger partial charge in [0, 0.05) is 6.42 Å². The van der Waals surface area contributed by atoms with E-state index in [2.05, 4.69) is 4.98 Å². The van der Waals surface area contributed by atoms with E-state index in [0.717, 1.165) is 0 Å². The molecule has 1 heterocycles. The summed E-state index contributed by atoms with van der Waals surface area (Å²) in [5.41, 5.74) is 7.19. The number of rotatable bonds is 2. The zero-order valence-corrected chi connectivity index (χ0v) is 7.56. The van der Waals surface area contributed by atoms with Crippen LogP contribution in [0.25, 0.3) is 0 Å². The largest absolute Gasteiger partial charge is 0.423 e. The summed E-state index contributed by atoms with van der Waals surface area (Å²) in [6.07, 6.45) is -4.90. The Bertz CT molecular complexity index is 412. The fraction of sp³-hybridized carbons (Fsp3) is 0.429. The topological polar surface area (TPSA) is 97.8 Å². The average Bonchev–Trinajstić information content (AvgIpc) is 1.99. The lowest BCUT2D eigenvalue weighted by Crippen LogP contribution is -2.27. The number of anilines is 1. The van der Waals surface area contributed by atoms with Crippen molar-refractivity contribution in [3.63, 3.8) is 0 Å². The maximum absolute atomic E-state index is 12.4. The van der Waals surface area contributed by atoms with Gasteiger partial charge in [0.05, 0.1) is 5.69 Å². The minimum atomic E-state index is -4.75. The van der Waals surface area contributed by atoms with E-state index < -0.39 is 23.0 Å². The number of nitrogens with zero attached hydrogens (tertiary/aromatic N) is 1. The van der Waals surface area contributed by atoms with E-state index in [1.54, 1.807) is 4.98 Å². The predicted octanol–water partition coefficient (Wildman–Crippen LogP) is -0.128. The van der Waals surface area contributed by atoms with Crippen LogP contribution in [0, 0.1) is 0 Å². The van der Waals surface area contributed by atoms with Gasteiger partial charge >= 0.3 is 6.18 Å². The summed E-state index contributed by atoms with van der Waals surface area (Å²) in [5, 5.41) is 0. The van der Waals surface area contributed by atoms with Crippen LogP contribution in [0.1, 0.15) is 11.3 Å². The van der Waals surface area contributed by atoms with Crippen LogP contribution < -0.4 is 17.0 Å². The second kappa shape index (κ2) is 3.89. The standard InChI is InChI=1S/C7H9F3N4O/c8-7(9,10)4-3(1-2-11)13-6(12)14-5(4)15/h1-2,11H2,(H3,12,13,14,15). The second-order valence-corrected chi connectivity index (χ2v) is 2.81. The molecule has 0 amide bonds. The first-order valence-electron chi connectivity index (χ1n) is 4.02. The number of halogens is 3. The molecule has 0 aliphatic heterocycles. The molecule has 0 fully saturated rings. The van der Waals surface area contributed by atoms with Crippen molar-refractivity contribution in [3.05, 3.63) is 21.6 Å². The summed E-state index contributed by atoms with van der Waals surface area (Å²) in [6, 6.07) is 0. The van der Waals surface area contributed by atoms with Crippen LogP contribution in [0.4, 0.5) is 19.1 Å². The van der Waals surface area contributed by atoms with Crippen molar-refractivity contribution < 1.29 is 13.2 Å². The Morgan fingerprint density at radius 2 is 2.00 bits per heavy atom.